The van der Waals surface area contributed by atoms with Crippen LogP contribution in [0.1, 0.15) is 40.5 Å². The van der Waals surface area contributed by atoms with Gasteiger partial charge in [0.2, 0.25) is 0 Å². The van der Waals surface area contributed by atoms with E-state index >= 15 is 0 Å². The molecule has 86 valence electrons. The second-order valence-electron chi connectivity index (χ2n) is 4.86. The summed E-state index contributed by atoms with van der Waals surface area (Å²) in [6.45, 7) is 11.1. The van der Waals surface area contributed by atoms with Crippen LogP contribution in [-0.2, 0) is 14.3 Å². The lowest BCUT2D eigenvalue weighted by atomic mass is 9.96. The van der Waals surface area contributed by atoms with E-state index in [-0.39, 0.29) is 17.7 Å². The highest BCUT2D eigenvalue weighted by atomic mass is 16.6. The van der Waals surface area contributed by atoms with Crippen LogP contribution in [0.3, 0.4) is 0 Å². The van der Waals surface area contributed by atoms with Gasteiger partial charge < -0.3 is 9.47 Å². The van der Waals surface area contributed by atoms with Crippen molar-refractivity contribution in [2.75, 3.05) is 0 Å². The average Bonchev–Trinajstić information content (AvgIpc) is 2.70. The molecule has 0 spiro atoms. The fraction of sp³-hybridized carbons (Fsp3) is 0.750. The molecule has 1 saturated heterocycles. The number of hydrogen-bond donors (Lipinski definition) is 0. The van der Waals surface area contributed by atoms with Crippen LogP contribution in [0.2, 0.25) is 0 Å². The Morgan fingerprint density at radius 2 is 2.20 bits per heavy atom. The standard InChI is InChI=1S/C12H20O3/c1-6-12(5,14-9(2)13)8-7-10-11(3,4)15-10/h6,10H,1,7-8H2,2-5H3/t10-,12-/m1/s1. The van der Waals surface area contributed by atoms with Crippen molar-refractivity contribution in [2.45, 2.75) is 57.8 Å². The third-order valence-electron chi connectivity index (χ3n) is 2.88. The van der Waals surface area contributed by atoms with Crippen LogP contribution in [0.4, 0.5) is 0 Å². The summed E-state index contributed by atoms with van der Waals surface area (Å²) in [5.41, 5.74) is -0.563. The topological polar surface area (TPSA) is 38.8 Å². The van der Waals surface area contributed by atoms with Gasteiger partial charge in [-0.2, -0.15) is 0 Å². The molecule has 0 N–H and O–H groups in total. The normalized spacial score (nSPS) is 26.5. The van der Waals surface area contributed by atoms with E-state index < -0.39 is 5.60 Å². The van der Waals surface area contributed by atoms with E-state index in [0.29, 0.717) is 0 Å². The van der Waals surface area contributed by atoms with E-state index in [9.17, 15) is 4.79 Å². The van der Waals surface area contributed by atoms with Crippen molar-refractivity contribution in [2.24, 2.45) is 0 Å². The Morgan fingerprint density at radius 3 is 2.53 bits per heavy atom. The van der Waals surface area contributed by atoms with Crippen molar-refractivity contribution >= 4 is 5.97 Å². The predicted molar refractivity (Wildman–Crippen MR) is 58.6 cm³/mol. The van der Waals surface area contributed by atoms with Crippen molar-refractivity contribution in [3.8, 4) is 0 Å². The van der Waals surface area contributed by atoms with Gasteiger partial charge in [0.05, 0.1) is 11.7 Å². The molecular weight excluding hydrogens is 192 g/mol. The van der Waals surface area contributed by atoms with Gasteiger partial charge in [0, 0.05) is 6.92 Å². The summed E-state index contributed by atoms with van der Waals surface area (Å²) in [6.07, 6.45) is 3.61. The Kier molecular flexibility index (Phi) is 3.24. The van der Waals surface area contributed by atoms with Gasteiger partial charge in [-0.3, -0.25) is 4.79 Å². The smallest absolute Gasteiger partial charge is 0.303 e. The number of esters is 1. The number of rotatable bonds is 5. The molecule has 0 amide bonds. The van der Waals surface area contributed by atoms with Gasteiger partial charge in [0.15, 0.2) is 0 Å². The number of carbonyl (C=O) groups is 1. The maximum Gasteiger partial charge on any atom is 0.303 e. The molecule has 0 aromatic rings. The molecule has 1 rings (SSSR count). The first-order valence-electron chi connectivity index (χ1n) is 5.30. The van der Waals surface area contributed by atoms with E-state index in [1.54, 1.807) is 6.08 Å². The molecule has 2 atom stereocenters. The monoisotopic (exact) mass is 212 g/mol. The summed E-state index contributed by atoms with van der Waals surface area (Å²) in [4.78, 5) is 10.9. The van der Waals surface area contributed by atoms with Crippen LogP contribution < -0.4 is 0 Å². The molecule has 0 radical (unpaired) electrons. The van der Waals surface area contributed by atoms with E-state index in [4.69, 9.17) is 9.47 Å². The zero-order chi connectivity index (χ0) is 11.7. The number of epoxide rings is 1. The van der Waals surface area contributed by atoms with Gasteiger partial charge in [-0.25, -0.2) is 0 Å². The van der Waals surface area contributed by atoms with Crippen molar-refractivity contribution in [1.82, 2.24) is 0 Å². The summed E-state index contributed by atoms with van der Waals surface area (Å²) in [6, 6.07) is 0. The Morgan fingerprint density at radius 1 is 1.67 bits per heavy atom. The van der Waals surface area contributed by atoms with Crippen molar-refractivity contribution < 1.29 is 14.3 Å². The summed E-state index contributed by atoms with van der Waals surface area (Å²) in [5.74, 6) is -0.270. The molecule has 0 aromatic carbocycles. The first kappa shape index (κ1) is 12.2. The molecule has 0 saturated carbocycles. The molecule has 1 fully saturated rings. The molecule has 1 aliphatic heterocycles. The van der Waals surface area contributed by atoms with Crippen molar-refractivity contribution in [1.29, 1.82) is 0 Å². The van der Waals surface area contributed by atoms with E-state index in [1.165, 1.54) is 6.92 Å². The van der Waals surface area contributed by atoms with Crippen LogP contribution in [0.5, 0.6) is 0 Å². The molecular formula is C12H20O3. The minimum Gasteiger partial charge on any atom is -0.455 e. The Bertz CT molecular complexity index is 270. The van der Waals surface area contributed by atoms with E-state index in [1.807, 2.05) is 6.92 Å². The van der Waals surface area contributed by atoms with Crippen molar-refractivity contribution in [3.63, 3.8) is 0 Å². The second-order valence-corrected chi connectivity index (χ2v) is 4.86. The third-order valence-corrected chi connectivity index (χ3v) is 2.88. The highest BCUT2D eigenvalue weighted by Gasteiger charge is 2.47. The largest absolute Gasteiger partial charge is 0.455 e. The van der Waals surface area contributed by atoms with Gasteiger partial charge in [-0.05, 0) is 39.7 Å². The molecule has 0 aromatic heterocycles. The second kappa shape index (κ2) is 3.97. The minimum atomic E-state index is -0.562. The summed E-state index contributed by atoms with van der Waals surface area (Å²) < 4.78 is 10.7. The molecule has 0 bridgehead atoms. The maximum atomic E-state index is 10.9. The lowest BCUT2D eigenvalue weighted by Gasteiger charge is -2.25. The third kappa shape index (κ3) is 3.34. The van der Waals surface area contributed by atoms with E-state index in [0.717, 1.165) is 12.8 Å². The molecule has 3 nitrogen and oxygen atoms in total. The summed E-state index contributed by atoms with van der Waals surface area (Å²) in [5, 5.41) is 0. The zero-order valence-electron chi connectivity index (χ0n) is 10.0. The predicted octanol–water partition coefficient (Wildman–Crippen LogP) is 2.45. The summed E-state index contributed by atoms with van der Waals surface area (Å²) >= 11 is 0. The zero-order valence-corrected chi connectivity index (χ0v) is 10.0. The lowest BCUT2D eigenvalue weighted by Crippen LogP contribution is -2.29. The van der Waals surface area contributed by atoms with Gasteiger partial charge in [0.25, 0.3) is 0 Å². The van der Waals surface area contributed by atoms with Gasteiger partial charge in [0.1, 0.15) is 5.60 Å². The lowest BCUT2D eigenvalue weighted by molar-refractivity contribution is -0.151. The van der Waals surface area contributed by atoms with Gasteiger partial charge >= 0.3 is 5.97 Å². The Hall–Kier alpha value is -0.830. The average molecular weight is 212 g/mol. The maximum absolute atomic E-state index is 10.9. The molecule has 0 aliphatic carbocycles. The fourth-order valence-corrected chi connectivity index (χ4v) is 1.68. The molecule has 1 heterocycles. The fourth-order valence-electron chi connectivity index (χ4n) is 1.68. The Balaban J connectivity index is 2.40. The van der Waals surface area contributed by atoms with Crippen LogP contribution >= 0.6 is 0 Å². The number of ether oxygens (including phenoxy) is 2. The number of hydrogen-bond acceptors (Lipinski definition) is 3. The first-order valence-corrected chi connectivity index (χ1v) is 5.30. The first-order chi connectivity index (χ1) is 6.79. The molecule has 1 aliphatic rings. The Labute approximate surface area is 91.4 Å². The minimum absolute atomic E-state index is 0.00168. The highest BCUT2D eigenvalue weighted by molar-refractivity contribution is 5.66. The quantitative estimate of drug-likeness (QED) is 0.399. The van der Waals surface area contributed by atoms with Crippen molar-refractivity contribution in [3.05, 3.63) is 12.7 Å². The van der Waals surface area contributed by atoms with Crippen LogP contribution in [-0.4, -0.2) is 23.3 Å². The van der Waals surface area contributed by atoms with Crippen LogP contribution in [0.15, 0.2) is 12.7 Å². The van der Waals surface area contributed by atoms with Gasteiger partial charge in [-0.15, -0.1) is 0 Å². The van der Waals surface area contributed by atoms with Gasteiger partial charge in [-0.1, -0.05) is 6.58 Å². The molecule has 0 unspecified atom stereocenters. The van der Waals surface area contributed by atoms with E-state index in [2.05, 4.69) is 20.4 Å². The molecule has 3 heteroatoms. The SMILES string of the molecule is C=C[C@](C)(CC[C@H]1OC1(C)C)OC(C)=O. The molecule has 15 heavy (non-hydrogen) atoms. The van der Waals surface area contributed by atoms with Crippen LogP contribution in [0.25, 0.3) is 0 Å². The van der Waals surface area contributed by atoms with Crippen LogP contribution in [0, 0.1) is 0 Å². The highest BCUT2D eigenvalue weighted by Crippen LogP contribution is 2.39. The summed E-state index contributed by atoms with van der Waals surface area (Å²) in [7, 11) is 0. The number of carbonyl (C=O) groups excluding carboxylic acids is 1.